The Kier molecular flexibility index (Phi) is 7.02. The van der Waals surface area contributed by atoms with Gasteiger partial charge in [-0.1, -0.05) is 22.0 Å². The van der Waals surface area contributed by atoms with Crippen LogP contribution in [0.3, 0.4) is 0 Å². The molecule has 2 aromatic carbocycles. The van der Waals surface area contributed by atoms with Crippen LogP contribution in [0, 0.1) is 13.8 Å². The van der Waals surface area contributed by atoms with Crippen LogP contribution < -0.4 is 10.6 Å². The quantitative estimate of drug-likeness (QED) is 0.633. The Hall–Kier alpha value is -2.88. The third-order valence-electron chi connectivity index (χ3n) is 3.73. The largest absolute Gasteiger partial charge is 0.471 e. The van der Waals surface area contributed by atoms with Crippen LogP contribution >= 0.6 is 15.9 Å². The number of benzene rings is 2. The maximum absolute atomic E-state index is 12.3. The van der Waals surface area contributed by atoms with Gasteiger partial charge < -0.3 is 15.4 Å². The summed E-state index contributed by atoms with van der Waals surface area (Å²) in [5.41, 5.74) is 1.92. The van der Waals surface area contributed by atoms with E-state index in [1.54, 1.807) is 18.3 Å². The first-order valence-electron chi connectivity index (χ1n) is 8.19. The van der Waals surface area contributed by atoms with Crippen LogP contribution in [0.25, 0.3) is 0 Å². The van der Waals surface area contributed by atoms with Crippen LogP contribution in [-0.2, 0) is 14.3 Å². The lowest BCUT2D eigenvalue weighted by molar-refractivity contribution is -0.167. The summed E-state index contributed by atoms with van der Waals surface area (Å²) >= 11 is 3.38. The van der Waals surface area contributed by atoms with Gasteiger partial charge in [-0.3, -0.25) is 9.59 Å². The van der Waals surface area contributed by atoms with E-state index in [0.717, 1.165) is 21.7 Å². The van der Waals surface area contributed by atoms with E-state index in [9.17, 15) is 27.6 Å². The third-order valence-corrected chi connectivity index (χ3v) is 4.58. The van der Waals surface area contributed by atoms with Crippen molar-refractivity contribution in [2.24, 2.45) is 0 Å². The van der Waals surface area contributed by atoms with Gasteiger partial charge in [0, 0.05) is 15.8 Å². The van der Waals surface area contributed by atoms with E-state index in [2.05, 4.69) is 21.2 Å². The molecule has 154 valence electrons. The molecule has 0 saturated heterocycles. The van der Waals surface area contributed by atoms with Crippen LogP contribution in [0.4, 0.5) is 24.5 Å². The van der Waals surface area contributed by atoms with Gasteiger partial charge >= 0.3 is 18.1 Å². The molecule has 0 spiro atoms. The normalized spacial score (nSPS) is 11.0. The SMILES string of the molecule is Cc1cc(NC(=O)COC(=O)c2cccc(NC(=O)C(F)(F)F)c2)c(C)cc1Br. The number of carbonyl (C=O) groups is 3. The molecule has 0 bridgehead atoms. The molecular weight excluding hydrogens is 457 g/mol. The predicted molar refractivity (Wildman–Crippen MR) is 104 cm³/mol. The number of ether oxygens (including phenoxy) is 1. The van der Waals surface area contributed by atoms with Crippen molar-refractivity contribution in [1.82, 2.24) is 0 Å². The van der Waals surface area contributed by atoms with Gasteiger partial charge in [-0.15, -0.1) is 0 Å². The van der Waals surface area contributed by atoms with E-state index >= 15 is 0 Å². The van der Waals surface area contributed by atoms with Gasteiger partial charge in [-0.05, 0) is 55.3 Å². The van der Waals surface area contributed by atoms with E-state index in [1.807, 2.05) is 13.0 Å². The Morgan fingerprint density at radius 3 is 2.38 bits per heavy atom. The fourth-order valence-corrected chi connectivity index (χ4v) is 2.70. The zero-order valence-electron chi connectivity index (χ0n) is 15.3. The molecule has 0 aliphatic heterocycles. The monoisotopic (exact) mass is 472 g/mol. The predicted octanol–water partition coefficient (Wildman–Crippen LogP) is 4.36. The summed E-state index contributed by atoms with van der Waals surface area (Å²) < 4.78 is 42.7. The Labute approximate surface area is 172 Å². The number of alkyl halides is 3. The van der Waals surface area contributed by atoms with Crippen molar-refractivity contribution in [3.05, 3.63) is 57.6 Å². The Morgan fingerprint density at radius 1 is 1.03 bits per heavy atom. The van der Waals surface area contributed by atoms with E-state index in [4.69, 9.17) is 4.74 Å². The molecule has 0 aromatic heterocycles. The molecule has 2 rings (SSSR count). The molecule has 2 aromatic rings. The first-order valence-corrected chi connectivity index (χ1v) is 8.98. The molecule has 6 nitrogen and oxygen atoms in total. The second kappa shape index (κ2) is 9.08. The van der Waals surface area contributed by atoms with E-state index in [0.29, 0.717) is 5.69 Å². The Bertz CT molecular complexity index is 961. The minimum absolute atomic E-state index is 0.117. The standard InChI is InChI=1S/C19H16BrF3N2O4/c1-10-7-15(11(2)6-14(10)20)25-16(26)9-29-17(27)12-4-3-5-13(8-12)24-18(28)19(21,22)23/h3-8H,9H2,1-2H3,(H,24,28)(H,25,26). The molecule has 2 N–H and O–H groups in total. The van der Waals surface area contributed by atoms with Crippen molar-refractivity contribution >= 4 is 45.1 Å². The van der Waals surface area contributed by atoms with Gasteiger partial charge in [0.1, 0.15) is 0 Å². The number of anilines is 2. The molecule has 0 radical (unpaired) electrons. The van der Waals surface area contributed by atoms with E-state index in [1.165, 1.54) is 18.2 Å². The number of amides is 2. The maximum atomic E-state index is 12.3. The minimum Gasteiger partial charge on any atom is -0.452 e. The summed E-state index contributed by atoms with van der Waals surface area (Å²) in [5.74, 6) is -3.67. The molecule has 0 unspecified atom stereocenters. The molecule has 2 amide bonds. The van der Waals surface area contributed by atoms with Crippen molar-refractivity contribution in [3.63, 3.8) is 0 Å². The summed E-state index contributed by atoms with van der Waals surface area (Å²) in [4.78, 5) is 35.1. The van der Waals surface area contributed by atoms with Gasteiger partial charge in [0.05, 0.1) is 5.56 Å². The third kappa shape index (κ3) is 6.31. The van der Waals surface area contributed by atoms with Gasteiger partial charge in [-0.2, -0.15) is 13.2 Å². The number of carbonyl (C=O) groups excluding carboxylic acids is 3. The van der Waals surface area contributed by atoms with Gasteiger partial charge in [0.2, 0.25) is 0 Å². The summed E-state index contributed by atoms with van der Waals surface area (Å²) in [6.07, 6.45) is -5.06. The highest BCUT2D eigenvalue weighted by Crippen LogP contribution is 2.24. The van der Waals surface area contributed by atoms with Crippen LogP contribution in [0.15, 0.2) is 40.9 Å². The van der Waals surface area contributed by atoms with Crippen molar-refractivity contribution in [2.45, 2.75) is 20.0 Å². The second-order valence-corrected chi connectivity index (χ2v) is 6.93. The highest BCUT2D eigenvalue weighted by molar-refractivity contribution is 9.10. The molecule has 0 aliphatic carbocycles. The first-order chi connectivity index (χ1) is 13.5. The Balaban J connectivity index is 1.97. The first kappa shape index (κ1) is 22.4. The minimum atomic E-state index is -5.06. The van der Waals surface area contributed by atoms with Crippen molar-refractivity contribution in [1.29, 1.82) is 0 Å². The van der Waals surface area contributed by atoms with Crippen molar-refractivity contribution in [3.8, 4) is 0 Å². The van der Waals surface area contributed by atoms with Crippen LogP contribution in [0.5, 0.6) is 0 Å². The maximum Gasteiger partial charge on any atom is 0.471 e. The highest BCUT2D eigenvalue weighted by atomic mass is 79.9. The smallest absolute Gasteiger partial charge is 0.452 e. The molecular formula is C19H16BrF3N2O4. The van der Waals surface area contributed by atoms with Crippen molar-refractivity contribution < 1.29 is 32.3 Å². The number of hydrogen-bond donors (Lipinski definition) is 2. The van der Waals surface area contributed by atoms with E-state index < -0.39 is 30.6 Å². The number of hydrogen-bond acceptors (Lipinski definition) is 4. The lowest BCUT2D eigenvalue weighted by Gasteiger charge is -2.11. The average molecular weight is 473 g/mol. The molecule has 0 atom stereocenters. The fraction of sp³-hybridized carbons (Fsp3) is 0.211. The van der Waals surface area contributed by atoms with Gasteiger partial charge in [0.15, 0.2) is 6.61 Å². The number of aryl methyl sites for hydroxylation is 2. The zero-order valence-corrected chi connectivity index (χ0v) is 16.9. The molecule has 0 saturated carbocycles. The lowest BCUT2D eigenvalue weighted by atomic mass is 10.1. The molecule has 29 heavy (non-hydrogen) atoms. The van der Waals surface area contributed by atoms with Crippen molar-refractivity contribution in [2.75, 3.05) is 17.2 Å². The number of esters is 1. The molecule has 0 aliphatic rings. The molecule has 0 fully saturated rings. The second-order valence-electron chi connectivity index (χ2n) is 6.07. The van der Waals surface area contributed by atoms with Gasteiger partial charge in [0.25, 0.3) is 5.91 Å². The molecule has 10 heteroatoms. The lowest BCUT2D eigenvalue weighted by Crippen LogP contribution is -2.30. The Morgan fingerprint density at radius 2 is 1.72 bits per heavy atom. The van der Waals surface area contributed by atoms with Crippen LogP contribution in [0.2, 0.25) is 0 Å². The zero-order chi connectivity index (χ0) is 21.8. The van der Waals surface area contributed by atoms with Crippen LogP contribution in [0.1, 0.15) is 21.5 Å². The number of rotatable bonds is 5. The van der Waals surface area contributed by atoms with E-state index in [-0.39, 0.29) is 11.3 Å². The number of halogens is 4. The topological polar surface area (TPSA) is 84.5 Å². The summed E-state index contributed by atoms with van der Waals surface area (Å²) in [6, 6.07) is 8.35. The van der Waals surface area contributed by atoms with Crippen LogP contribution in [-0.4, -0.2) is 30.6 Å². The highest BCUT2D eigenvalue weighted by Gasteiger charge is 2.38. The summed E-state index contributed by atoms with van der Waals surface area (Å²) in [7, 11) is 0. The summed E-state index contributed by atoms with van der Waals surface area (Å²) in [6.45, 7) is 3.06. The average Bonchev–Trinajstić information content (AvgIpc) is 2.63. The molecule has 0 heterocycles. The number of nitrogens with one attached hydrogen (secondary N) is 2. The summed E-state index contributed by atoms with van der Waals surface area (Å²) in [5, 5.41) is 4.26. The van der Waals surface area contributed by atoms with Gasteiger partial charge in [-0.25, -0.2) is 4.79 Å². The fourth-order valence-electron chi connectivity index (χ4n) is 2.24.